The van der Waals surface area contributed by atoms with E-state index in [1.54, 1.807) is 11.3 Å². The molecule has 0 aliphatic carbocycles. The van der Waals surface area contributed by atoms with Gasteiger partial charge in [-0.05, 0) is 29.9 Å². The van der Waals surface area contributed by atoms with Crippen LogP contribution in [-0.2, 0) is 23.0 Å². The van der Waals surface area contributed by atoms with Crippen LogP contribution in [0.25, 0.3) is 0 Å². The first-order chi connectivity index (χ1) is 9.91. The number of carbonyl (C=O) groups is 1. The maximum absolute atomic E-state index is 12.0. The van der Waals surface area contributed by atoms with E-state index in [9.17, 15) is 4.79 Å². The molecule has 1 aromatic heterocycles. The highest BCUT2D eigenvalue weighted by Gasteiger charge is 2.22. The zero-order chi connectivity index (χ0) is 15.5. The fourth-order valence-electron chi connectivity index (χ4n) is 2.17. The summed E-state index contributed by atoms with van der Waals surface area (Å²) in [6.07, 6.45) is 1.81. The van der Waals surface area contributed by atoms with Gasteiger partial charge in [-0.3, -0.25) is 0 Å². The molecule has 0 N–H and O–H groups in total. The second kappa shape index (κ2) is 6.44. The minimum absolute atomic E-state index is 0.0540. The number of hydrogen-bond acceptors (Lipinski definition) is 3. The number of ether oxygens (including phenoxy) is 1. The Balaban J connectivity index is 2.24. The normalized spacial score (nSPS) is 11.4. The van der Waals surface area contributed by atoms with Crippen molar-refractivity contribution in [1.82, 2.24) is 0 Å². The Morgan fingerprint density at radius 3 is 2.38 bits per heavy atom. The molecular formula is C18H22O2S. The summed E-state index contributed by atoms with van der Waals surface area (Å²) in [6, 6.07) is 12.4. The minimum atomic E-state index is -0.232. The van der Waals surface area contributed by atoms with E-state index in [2.05, 4.69) is 32.9 Å². The monoisotopic (exact) mass is 302 g/mol. The summed E-state index contributed by atoms with van der Waals surface area (Å²) in [7, 11) is 1.44. The second-order valence-corrected chi connectivity index (χ2v) is 7.31. The van der Waals surface area contributed by atoms with Crippen molar-refractivity contribution in [1.29, 1.82) is 0 Å². The summed E-state index contributed by atoms with van der Waals surface area (Å²) in [5, 5.41) is 0. The lowest BCUT2D eigenvalue weighted by molar-refractivity contribution is 0.0600. The van der Waals surface area contributed by atoms with Crippen molar-refractivity contribution in [2.75, 3.05) is 7.11 Å². The van der Waals surface area contributed by atoms with Crippen LogP contribution < -0.4 is 0 Å². The zero-order valence-corrected chi connectivity index (χ0v) is 13.9. The van der Waals surface area contributed by atoms with Crippen LogP contribution in [0.1, 0.15) is 46.4 Å². The summed E-state index contributed by atoms with van der Waals surface area (Å²) in [5.74, 6) is -0.232. The van der Waals surface area contributed by atoms with Crippen LogP contribution in [0.2, 0.25) is 0 Å². The number of aryl methyl sites for hydroxylation is 2. The van der Waals surface area contributed by atoms with Gasteiger partial charge in [0.2, 0.25) is 0 Å². The van der Waals surface area contributed by atoms with Crippen molar-refractivity contribution in [2.45, 2.75) is 39.0 Å². The van der Waals surface area contributed by atoms with Crippen molar-refractivity contribution in [2.24, 2.45) is 0 Å². The molecule has 0 aliphatic rings. The van der Waals surface area contributed by atoms with Crippen LogP contribution >= 0.6 is 11.3 Å². The lowest BCUT2D eigenvalue weighted by Crippen LogP contribution is -2.08. The summed E-state index contributed by atoms with van der Waals surface area (Å²) in [6.45, 7) is 6.50. The van der Waals surface area contributed by atoms with E-state index in [0.29, 0.717) is 0 Å². The Morgan fingerprint density at radius 2 is 1.81 bits per heavy atom. The van der Waals surface area contributed by atoms with Crippen molar-refractivity contribution in [3.63, 3.8) is 0 Å². The van der Waals surface area contributed by atoms with E-state index in [1.807, 2.05) is 24.3 Å². The first kappa shape index (κ1) is 15.8. The quantitative estimate of drug-likeness (QED) is 0.770. The van der Waals surface area contributed by atoms with Gasteiger partial charge in [0.15, 0.2) is 0 Å². The molecule has 2 rings (SSSR count). The molecule has 3 heteroatoms. The summed E-state index contributed by atoms with van der Waals surface area (Å²) < 4.78 is 4.92. The number of esters is 1. The largest absolute Gasteiger partial charge is 0.465 e. The maximum atomic E-state index is 12.0. The van der Waals surface area contributed by atoms with Crippen molar-refractivity contribution < 1.29 is 9.53 Å². The van der Waals surface area contributed by atoms with E-state index in [-0.39, 0.29) is 11.4 Å². The van der Waals surface area contributed by atoms with Crippen LogP contribution in [0, 0.1) is 0 Å². The van der Waals surface area contributed by atoms with Gasteiger partial charge in [-0.15, -0.1) is 11.3 Å². The molecule has 0 saturated heterocycles. The Labute approximate surface area is 130 Å². The third kappa shape index (κ3) is 3.94. The molecule has 21 heavy (non-hydrogen) atoms. The lowest BCUT2D eigenvalue weighted by Gasteiger charge is -2.15. The van der Waals surface area contributed by atoms with Crippen molar-refractivity contribution >= 4 is 17.3 Å². The summed E-state index contributed by atoms with van der Waals surface area (Å²) in [4.78, 5) is 14.3. The molecule has 112 valence electrons. The number of carbonyl (C=O) groups excluding carboxylic acids is 1. The van der Waals surface area contributed by atoms with Gasteiger partial charge in [-0.2, -0.15) is 0 Å². The Bertz CT molecular complexity index is 606. The van der Waals surface area contributed by atoms with E-state index in [0.717, 1.165) is 23.3 Å². The Morgan fingerprint density at radius 1 is 1.14 bits per heavy atom. The SMILES string of the molecule is COC(=O)c1cc(C(C)(C)C)sc1CCc1ccccc1. The fraction of sp³-hybridized carbons (Fsp3) is 0.389. The summed E-state index contributed by atoms with van der Waals surface area (Å²) >= 11 is 1.73. The summed E-state index contributed by atoms with van der Waals surface area (Å²) in [5.41, 5.74) is 2.07. The Hall–Kier alpha value is -1.61. The van der Waals surface area contributed by atoms with Crippen LogP contribution in [0.4, 0.5) is 0 Å². The molecular weight excluding hydrogens is 280 g/mol. The molecule has 0 amide bonds. The molecule has 1 aromatic carbocycles. The van der Waals surface area contributed by atoms with Gasteiger partial charge >= 0.3 is 5.97 Å². The molecule has 0 atom stereocenters. The highest BCUT2D eigenvalue weighted by atomic mass is 32.1. The van der Waals surface area contributed by atoms with E-state index >= 15 is 0 Å². The molecule has 0 fully saturated rings. The van der Waals surface area contributed by atoms with Crippen molar-refractivity contribution in [3.8, 4) is 0 Å². The first-order valence-corrected chi connectivity index (χ1v) is 7.99. The Kier molecular flexibility index (Phi) is 4.84. The predicted molar refractivity (Wildman–Crippen MR) is 88.2 cm³/mol. The molecule has 0 saturated carbocycles. The van der Waals surface area contributed by atoms with Gasteiger partial charge in [-0.1, -0.05) is 51.1 Å². The minimum Gasteiger partial charge on any atom is -0.465 e. The topological polar surface area (TPSA) is 26.3 Å². The van der Waals surface area contributed by atoms with E-state index in [4.69, 9.17) is 4.74 Å². The first-order valence-electron chi connectivity index (χ1n) is 7.17. The highest BCUT2D eigenvalue weighted by Crippen LogP contribution is 2.33. The zero-order valence-electron chi connectivity index (χ0n) is 13.1. The van der Waals surface area contributed by atoms with Crippen LogP contribution in [0.5, 0.6) is 0 Å². The molecule has 0 bridgehead atoms. The van der Waals surface area contributed by atoms with E-state index < -0.39 is 0 Å². The maximum Gasteiger partial charge on any atom is 0.338 e. The van der Waals surface area contributed by atoms with Gasteiger partial charge < -0.3 is 4.74 Å². The molecule has 0 radical (unpaired) electrons. The lowest BCUT2D eigenvalue weighted by atomic mass is 9.94. The van der Waals surface area contributed by atoms with Crippen LogP contribution in [-0.4, -0.2) is 13.1 Å². The van der Waals surface area contributed by atoms with Crippen molar-refractivity contribution in [3.05, 3.63) is 57.3 Å². The second-order valence-electron chi connectivity index (χ2n) is 6.17. The fourth-order valence-corrected chi connectivity index (χ4v) is 3.37. The molecule has 2 aromatic rings. The van der Waals surface area contributed by atoms with Gasteiger partial charge in [0.1, 0.15) is 0 Å². The standard InChI is InChI=1S/C18H22O2S/c1-18(2,3)16-12-14(17(19)20-4)15(21-16)11-10-13-8-6-5-7-9-13/h5-9,12H,10-11H2,1-4H3. The third-order valence-corrected chi connectivity index (χ3v) is 5.06. The van der Waals surface area contributed by atoms with Crippen LogP contribution in [0.15, 0.2) is 36.4 Å². The van der Waals surface area contributed by atoms with Gasteiger partial charge in [0.05, 0.1) is 12.7 Å². The molecule has 1 heterocycles. The number of methoxy groups -OCH3 is 1. The molecule has 0 spiro atoms. The van der Waals surface area contributed by atoms with Gasteiger partial charge in [0, 0.05) is 9.75 Å². The molecule has 0 aliphatic heterocycles. The predicted octanol–water partition coefficient (Wildman–Crippen LogP) is 4.62. The van der Waals surface area contributed by atoms with Crippen LogP contribution in [0.3, 0.4) is 0 Å². The third-order valence-electron chi connectivity index (χ3n) is 3.44. The smallest absolute Gasteiger partial charge is 0.338 e. The highest BCUT2D eigenvalue weighted by molar-refractivity contribution is 7.12. The number of thiophene rings is 1. The van der Waals surface area contributed by atoms with E-state index in [1.165, 1.54) is 17.6 Å². The molecule has 2 nitrogen and oxygen atoms in total. The number of hydrogen-bond donors (Lipinski definition) is 0. The molecule has 0 unspecified atom stereocenters. The van der Waals surface area contributed by atoms with Gasteiger partial charge in [-0.25, -0.2) is 4.79 Å². The number of benzene rings is 1. The average Bonchev–Trinajstić information content (AvgIpc) is 2.89. The average molecular weight is 302 g/mol. The number of rotatable bonds is 4. The van der Waals surface area contributed by atoms with Gasteiger partial charge in [0.25, 0.3) is 0 Å².